The molecule has 1 heterocycles. The number of hydrazine groups is 1. The molecule has 0 aromatic heterocycles. The van der Waals surface area contributed by atoms with E-state index in [4.69, 9.17) is 28.9 Å². The quantitative estimate of drug-likeness (QED) is 0.0858. The summed E-state index contributed by atoms with van der Waals surface area (Å²) in [7, 11) is 0. The first-order valence-electron chi connectivity index (χ1n) is 11.1. The number of nitrogens with two attached hydrogens (primary N) is 5. The summed E-state index contributed by atoms with van der Waals surface area (Å²) in [5.41, 5.74) is 28.8. The maximum absolute atomic E-state index is 6.37. The van der Waals surface area contributed by atoms with E-state index in [1.807, 2.05) is 18.2 Å². The number of anilines is 4. The number of benzene rings is 2. The third kappa shape index (κ3) is 5.89. The maximum atomic E-state index is 6.37. The lowest BCUT2D eigenvalue weighted by Crippen LogP contribution is -2.32. The van der Waals surface area contributed by atoms with E-state index in [1.165, 1.54) is 0 Å². The van der Waals surface area contributed by atoms with Crippen molar-refractivity contribution in [3.63, 3.8) is 0 Å². The van der Waals surface area contributed by atoms with E-state index in [1.54, 1.807) is 0 Å². The fourth-order valence-corrected chi connectivity index (χ4v) is 4.09. The summed E-state index contributed by atoms with van der Waals surface area (Å²) >= 11 is 0. The van der Waals surface area contributed by atoms with Crippen LogP contribution in [0, 0.1) is 0 Å². The molecule has 0 saturated carbocycles. The minimum atomic E-state index is 0.387. The van der Waals surface area contributed by atoms with E-state index >= 15 is 0 Å². The Morgan fingerprint density at radius 1 is 0.848 bits per heavy atom. The van der Waals surface area contributed by atoms with Gasteiger partial charge in [0, 0.05) is 24.4 Å². The van der Waals surface area contributed by atoms with Gasteiger partial charge in [-0.25, -0.2) is 5.84 Å². The summed E-state index contributed by atoms with van der Waals surface area (Å²) in [6.45, 7) is 5.15. The Hall–Kier alpha value is -3.85. The second-order valence-electron chi connectivity index (χ2n) is 8.14. The molecule has 1 aliphatic rings. The van der Waals surface area contributed by atoms with Crippen molar-refractivity contribution in [2.75, 3.05) is 35.2 Å². The highest BCUT2D eigenvalue weighted by Gasteiger charge is 2.13. The van der Waals surface area contributed by atoms with Gasteiger partial charge in [0.2, 0.25) is 0 Å². The third-order valence-corrected chi connectivity index (χ3v) is 5.76. The van der Waals surface area contributed by atoms with Crippen LogP contribution < -0.4 is 44.9 Å². The van der Waals surface area contributed by atoms with Crippen molar-refractivity contribution in [2.24, 2.45) is 22.5 Å². The molecule has 0 bridgehead atoms. The molecule has 0 spiro atoms. The second kappa shape index (κ2) is 11.1. The zero-order valence-electron chi connectivity index (χ0n) is 19.0. The molecule has 0 fully saturated rings. The number of hydrogen-bond acceptors (Lipinski definition) is 8. The molecule has 13 N–H and O–H groups in total. The van der Waals surface area contributed by atoms with Crippen LogP contribution in [0.15, 0.2) is 48.1 Å². The summed E-state index contributed by atoms with van der Waals surface area (Å²) < 4.78 is 0. The number of nitrogen functional groups attached to an aromatic ring is 2. The van der Waals surface area contributed by atoms with Crippen molar-refractivity contribution in [3.05, 3.63) is 65.3 Å². The number of hydrazone groups is 1. The largest absolute Gasteiger partial charge is 0.399 e. The summed E-state index contributed by atoms with van der Waals surface area (Å²) in [6.07, 6.45) is 8.94. The fourth-order valence-electron chi connectivity index (χ4n) is 4.09. The monoisotopic (exact) mass is 449 g/mol. The lowest BCUT2D eigenvalue weighted by Gasteiger charge is -2.17. The molecule has 0 saturated heterocycles. The lowest BCUT2D eigenvalue weighted by molar-refractivity contribution is 0.679. The van der Waals surface area contributed by atoms with Gasteiger partial charge in [-0.2, -0.15) is 5.10 Å². The average molecular weight is 450 g/mol. The minimum Gasteiger partial charge on any atom is -0.399 e. The highest BCUT2D eigenvalue weighted by molar-refractivity contribution is 6.00. The molecule has 2 aromatic carbocycles. The average Bonchev–Trinajstić information content (AvgIpc) is 2.79. The number of nitrogens with zero attached hydrogens (tertiary/aromatic N) is 1. The van der Waals surface area contributed by atoms with Crippen molar-refractivity contribution in [1.29, 1.82) is 0 Å². The van der Waals surface area contributed by atoms with Crippen LogP contribution in [0.5, 0.6) is 0 Å². The van der Waals surface area contributed by atoms with Crippen LogP contribution >= 0.6 is 0 Å². The molecule has 0 atom stereocenters. The molecule has 176 valence electrons. The predicted octanol–water partition coefficient (Wildman–Crippen LogP) is 2.21. The van der Waals surface area contributed by atoms with E-state index in [-0.39, 0.29) is 0 Å². The fraction of sp³-hybridized carbons (Fsp3) is 0.292. The van der Waals surface area contributed by atoms with Gasteiger partial charge in [0.25, 0.3) is 0 Å². The van der Waals surface area contributed by atoms with Crippen LogP contribution in [0.1, 0.15) is 41.5 Å². The van der Waals surface area contributed by atoms with E-state index in [0.29, 0.717) is 36.0 Å². The number of fused-ring (bicyclic) bond motifs is 2. The van der Waals surface area contributed by atoms with Crippen LogP contribution in [-0.2, 0) is 12.8 Å². The van der Waals surface area contributed by atoms with Gasteiger partial charge >= 0.3 is 0 Å². The first kappa shape index (κ1) is 23.8. The molecule has 0 aliphatic carbocycles. The lowest BCUT2D eigenvalue weighted by atomic mass is 9.97. The summed E-state index contributed by atoms with van der Waals surface area (Å²) in [6, 6.07) is 7.81. The molecule has 3 rings (SSSR count). The second-order valence-corrected chi connectivity index (χ2v) is 8.14. The molecular weight excluding hydrogens is 414 g/mol. The molecule has 2 aromatic rings. The van der Waals surface area contributed by atoms with Gasteiger partial charge in [-0.05, 0) is 66.6 Å². The van der Waals surface area contributed by atoms with Gasteiger partial charge in [0.05, 0.1) is 22.7 Å². The van der Waals surface area contributed by atoms with Crippen molar-refractivity contribution in [2.45, 2.75) is 32.1 Å². The summed E-state index contributed by atoms with van der Waals surface area (Å²) in [5.74, 6) is 11.4. The number of nitrogens with one attached hydrogen (secondary N) is 3. The molecule has 1 aliphatic heterocycles. The topological polar surface area (TPSA) is 179 Å². The van der Waals surface area contributed by atoms with E-state index in [2.05, 4.69) is 46.0 Å². The standard InChI is InChI=1S/C24H35N9/c1-15(25)18-11-16-7-3-2-4-8-17-12-19(24(32-28)33-29)14-21(27)23(17)31-10-6-5-9-30-22(16)20(26)13-18/h5-6,11-14,30-31H,1-4,7-10,25-29H2,(H,32,33)/b6-5+. The highest BCUT2D eigenvalue weighted by atomic mass is 15.3. The molecule has 0 amide bonds. The van der Waals surface area contributed by atoms with Crippen LogP contribution in [0.4, 0.5) is 22.7 Å². The zero-order valence-corrected chi connectivity index (χ0v) is 19.0. The van der Waals surface area contributed by atoms with E-state index in [0.717, 1.165) is 65.7 Å². The smallest absolute Gasteiger partial charge is 0.166 e. The Bertz CT molecular complexity index is 1060. The third-order valence-electron chi connectivity index (χ3n) is 5.76. The zero-order chi connectivity index (χ0) is 23.8. The number of amidine groups is 1. The van der Waals surface area contributed by atoms with Crippen LogP contribution in [0.25, 0.3) is 5.70 Å². The van der Waals surface area contributed by atoms with Gasteiger partial charge in [0.15, 0.2) is 5.84 Å². The summed E-state index contributed by atoms with van der Waals surface area (Å²) in [5, 5.41) is 10.6. The number of aryl methyl sites for hydroxylation is 2. The minimum absolute atomic E-state index is 0.387. The molecule has 33 heavy (non-hydrogen) atoms. The van der Waals surface area contributed by atoms with Gasteiger partial charge < -0.3 is 39.1 Å². The molecule has 9 nitrogen and oxygen atoms in total. The Balaban J connectivity index is 1.86. The molecular formula is C24H35N9. The maximum Gasteiger partial charge on any atom is 0.166 e. The summed E-state index contributed by atoms with van der Waals surface area (Å²) in [4.78, 5) is 0. The first-order valence-corrected chi connectivity index (χ1v) is 11.1. The Morgan fingerprint density at radius 2 is 1.36 bits per heavy atom. The van der Waals surface area contributed by atoms with Crippen molar-refractivity contribution < 1.29 is 0 Å². The van der Waals surface area contributed by atoms with Crippen molar-refractivity contribution in [1.82, 2.24) is 5.43 Å². The Morgan fingerprint density at radius 3 is 1.85 bits per heavy atom. The van der Waals surface area contributed by atoms with Gasteiger partial charge in [-0.1, -0.05) is 25.2 Å². The molecule has 0 radical (unpaired) electrons. The SMILES string of the molecule is C=C(N)c1cc(N)c2c(c1)CCCCCc1cc(/C(=N/N)NN)cc(N)c1NC/C=C/CN2. The van der Waals surface area contributed by atoms with Gasteiger partial charge in [-0.3, -0.25) is 0 Å². The molecule has 0 unspecified atom stereocenters. The van der Waals surface area contributed by atoms with E-state index < -0.39 is 0 Å². The number of hydrogen-bond donors (Lipinski definition) is 8. The van der Waals surface area contributed by atoms with E-state index in [9.17, 15) is 0 Å². The van der Waals surface area contributed by atoms with Crippen molar-refractivity contribution >= 4 is 34.3 Å². The highest BCUT2D eigenvalue weighted by Crippen LogP contribution is 2.30. The van der Waals surface area contributed by atoms with Crippen LogP contribution in [0.3, 0.4) is 0 Å². The Labute approximate surface area is 195 Å². The van der Waals surface area contributed by atoms with Gasteiger partial charge in [0.1, 0.15) is 0 Å². The van der Waals surface area contributed by atoms with Gasteiger partial charge in [-0.15, -0.1) is 0 Å². The van der Waals surface area contributed by atoms with Crippen LogP contribution in [0.2, 0.25) is 0 Å². The Kier molecular flexibility index (Phi) is 8.04. The normalized spacial score (nSPS) is 16.1. The number of rotatable bonds is 2. The van der Waals surface area contributed by atoms with Crippen LogP contribution in [-0.4, -0.2) is 18.9 Å². The predicted molar refractivity (Wildman–Crippen MR) is 140 cm³/mol. The van der Waals surface area contributed by atoms with Crippen molar-refractivity contribution in [3.8, 4) is 0 Å². The first-order chi connectivity index (χ1) is 15.9. The molecule has 9 heteroatoms.